The maximum Gasteiger partial charge on any atom is 0.260 e. The third kappa shape index (κ3) is 7.32. The molecule has 1 heterocycles. The molecule has 1 aliphatic rings. The first kappa shape index (κ1) is 24.2. The fourth-order valence-corrected chi connectivity index (χ4v) is 3.50. The number of nitrogens with one attached hydrogen (secondary N) is 2. The molecule has 2 rings (SSSR count). The summed E-state index contributed by atoms with van der Waals surface area (Å²) in [5.41, 5.74) is 0.586. The van der Waals surface area contributed by atoms with Crippen molar-refractivity contribution in [3.8, 4) is 5.75 Å². The van der Waals surface area contributed by atoms with Crippen LogP contribution in [-0.2, 0) is 4.79 Å². The Morgan fingerprint density at radius 2 is 1.71 bits per heavy atom. The molecule has 0 aromatic heterocycles. The van der Waals surface area contributed by atoms with Crippen LogP contribution in [-0.4, -0.2) is 55.0 Å². The van der Waals surface area contributed by atoms with Crippen LogP contribution in [0.4, 0.5) is 0 Å². The largest absolute Gasteiger partial charge is 0.484 e. The maximum absolute atomic E-state index is 12.5. The van der Waals surface area contributed by atoms with Crippen molar-refractivity contribution in [3.05, 3.63) is 29.8 Å². The van der Waals surface area contributed by atoms with Crippen molar-refractivity contribution in [3.63, 3.8) is 0 Å². The van der Waals surface area contributed by atoms with Gasteiger partial charge in [-0.1, -0.05) is 6.92 Å². The Hall–Kier alpha value is -1.79. The van der Waals surface area contributed by atoms with E-state index in [1.54, 1.807) is 24.3 Å². The number of benzene rings is 1. The number of hydrogen-bond acceptors (Lipinski definition) is 4. The van der Waals surface area contributed by atoms with Crippen LogP contribution in [0.1, 0.15) is 56.8 Å². The zero-order chi connectivity index (χ0) is 19.6. The second-order valence-corrected chi connectivity index (χ2v) is 7.25. The summed E-state index contributed by atoms with van der Waals surface area (Å²) in [4.78, 5) is 26.5. The van der Waals surface area contributed by atoms with Crippen molar-refractivity contribution in [2.45, 2.75) is 58.5 Å². The third-order valence-corrected chi connectivity index (χ3v) is 4.97. The summed E-state index contributed by atoms with van der Waals surface area (Å²) in [6.45, 7) is 8.64. The minimum absolute atomic E-state index is 0. The maximum atomic E-state index is 12.5. The van der Waals surface area contributed by atoms with Gasteiger partial charge in [-0.05, 0) is 70.3 Å². The molecule has 2 N–H and O–H groups in total. The van der Waals surface area contributed by atoms with Gasteiger partial charge in [-0.15, -0.1) is 12.4 Å². The van der Waals surface area contributed by atoms with Crippen molar-refractivity contribution in [1.29, 1.82) is 0 Å². The number of rotatable bonds is 9. The van der Waals surface area contributed by atoms with E-state index in [0.717, 1.165) is 32.4 Å². The first-order valence-corrected chi connectivity index (χ1v) is 10.1. The minimum Gasteiger partial charge on any atom is -0.484 e. The average Bonchev–Trinajstić information content (AvgIpc) is 2.66. The van der Waals surface area contributed by atoms with Crippen molar-refractivity contribution in [2.24, 2.45) is 0 Å². The minimum atomic E-state index is -0.105. The molecule has 1 aliphatic heterocycles. The summed E-state index contributed by atoms with van der Waals surface area (Å²) >= 11 is 0. The van der Waals surface area contributed by atoms with E-state index >= 15 is 0 Å². The number of nitrogens with zero attached hydrogens (tertiary/aromatic N) is 1. The SMILES string of the molecule is CCCNCCNC(=O)c1ccc(OCC(=O)N2C(C)CCCC2C)cc1.Cl. The molecule has 0 saturated carbocycles. The van der Waals surface area contributed by atoms with Crippen LogP contribution in [0.25, 0.3) is 0 Å². The molecule has 2 unspecified atom stereocenters. The highest BCUT2D eigenvalue weighted by Gasteiger charge is 2.28. The summed E-state index contributed by atoms with van der Waals surface area (Å²) in [6.07, 6.45) is 4.35. The molecule has 0 bridgehead atoms. The van der Waals surface area contributed by atoms with Crippen LogP contribution in [0.5, 0.6) is 5.75 Å². The van der Waals surface area contributed by atoms with Crippen LogP contribution >= 0.6 is 12.4 Å². The predicted molar refractivity (Wildman–Crippen MR) is 114 cm³/mol. The van der Waals surface area contributed by atoms with E-state index in [0.29, 0.717) is 17.9 Å². The van der Waals surface area contributed by atoms with Gasteiger partial charge in [0.05, 0.1) is 0 Å². The van der Waals surface area contributed by atoms with Gasteiger partial charge in [0.25, 0.3) is 11.8 Å². The average molecular weight is 412 g/mol. The first-order valence-electron chi connectivity index (χ1n) is 10.1. The smallest absolute Gasteiger partial charge is 0.260 e. The third-order valence-electron chi connectivity index (χ3n) is 4.97. The predicted octanol–water partition coefficient (Wildman–Crippen LogP) is 3.01. The number of likely N-dealkylation sites (tertiary alicyclic amines) is 1. The molecule has 7 heteroatoms. The Morgan fingerprint density at radius 3 is 2.32 bits per heavy atom. The Labute approximate surface area is 174 Å². The van der Waals surface area contributed by atoms with E-state index in [-0.39, 0.29) is 42.9 Å². The molecule has 0 spiro atoms. The summed E-state index contributed by atoms with van der Waals surface area (Å²) in [6, 6.07) is 7.45. The van der Waals surface area contributed by atoms with Crippen molar-refractivity contribution in [1.82, 2.24) is 15.5 Å². The number of piperidine rings is 1. The lowest BCUT2D eigenvalue weighted by molar-refractivity contribution is -0.139. The van der Waals surface area contributed by atoms with Crippen molar-refractivity contribution < 1.29 is 14.3 Å². The van der Waals surface area contributed by atoms with Gasteiger partial charge in [0.15, 0.2) is 6.61 Å². The molecule has 1 saturated heterocycles. The molecule has 28 heavy (non-hydrogen) atoms. The van der Waals surface area contributed by atoms with Crippen molar-refractivity contribution >= 4 is 24.2 Å². The zero-order valence-corrected chi connectivity index (χ0v) is 18.0. The molecule has 0 aliphatic carbocycles. The summed E-state index contributed by atoms with van der Waals surface area (Å²) < 4.78 is 5.64. The van der Waals surface area contributed by atoms with Gasteiger partial charge in [-0.25, -0.2) is 0 Å². The van der Waals surface area contributed by atoms with E-state index < -0.39 is 0 Å². The molecular weight excluding hydrogens is 378 g/mol. The second kappa shape index (κ2) is 12.6. The molecule has 1 aromatic carbocycles. The van der Waals surface area contributed by atoms with Gasteiger partial charge in [0.2, 0.25) is 0 Å². The first-order chi connectivity index (χ1) is 13.0. The zero-order valence-electron chi connectivity index (χ0n) is 17.2. The Balaban J connectivity index is 0.00000392. The highest BCUT2D eigenvalue weighted by molar-refractivity contribution is 5.94. The second-order valence-electron chi connectivity index (χ2n) is 7.25. The molecule has 1 fully saturated rings. The van der Waals surface area contributed by atoms with E-state index in [9.17, 15) is 9.59 Å². The lowest BCUT2D eigenvalue weighted by atomic mass is 9.97. The van der Waals surface area contributed by atoms with Crippen LogP contribution in [0.3, 0.4) is 0 Å². The van der Waals surface area contributed by atoms with Crippen molar-refractivity contribution in [2.75, 3.05) is 26.2 Å². The lowest BCUT2D eigenvalue weighted by Crippen LogP contribution is -2.49. The van der Waals surface area contributed by atoms with E-state index in [4.69, 9.17) is 4.74 Å². The Kier molecular flexibility index (Phi) is 10.9. The quantitative estimate of drug-likeness (QED) is 0.613. The Bertz CT molecular complexity index is 599. The molecule has 6 nitrogen and oxygen atoms in total. The summed E-state index contributed by atoms with van der Waals surface area (Å²) in [7, 11) is 0. The Morgan fingerprint density at radius 1 is 1.07 bits per heavy atom. The van der Waals surface area contributed by atoms with Crippen LogP contribution in [0.15, 0.2) is 24.3 Å². The molecule has 0 radical (unpaired) electrons. The van der Waals surface area contributed by atoms with E-state index in [2.05, 4.69) is 31.4 Å². The number of carbonyl (C=O) groups is 2. The summed E-state index contributed by atoms with van der Waals surface area (Å²) in [5, 5.41) is 6.12. The number of carbonyl (C=O) groups excluding carboxylic acids is 2. The van der Waals surface area contributed by atoms with Gasteiger partial charge in [-0.3, -0.25) is 9.59 Å². The highest BCUT2D eigenvalue weighted by atomic mass is 35.5. The number of hydrogen-bond donors (Lipinski definition) is 2. The van der Waals surface area contributed by atoms with Crippen LogP contribution in [0.2, 0.25) is 0 Å². The van der Waals surface area contributed by atoms with Crippen LogP contribution in [0, 0.1) is 0 Å². The van der Waals surface area contributed by atoms with Gasteiger partial charge in [0, 0.05) is 30.7 Å². The highest BCUT2D eigenvalue weighted by Crippen LogP contribution is 2.22. The topological polar surface area (TPSA) is 70.7 Å². The number of halogens is 1. The van der Waals surface area contributed by atoms with E-state index in [1.807, 2.05) is 4.90 Å². The van der Waals surface area contributed by atoms with Gasteiger partial charge >= 0.3 is 0 Å². The standard InChI is InChI=1S/C21H33N3O3.ClH/c1-4-12-22-13-14-23-21(26)18-8-10-19(11-9-18)27-15-20(25)24-16(2)6-5-7-17(24)3;/h8-11,16-17,22H,4-7,12-15H2,1-3H3,(H,23,26);1H. The van der Waals surface area contributed by atoms with Gasteiger partial charge < -0.3 is 20.3 Å². The molecule has 1 aromatic rings. The molecule has 2 amide bonds. The molecule has 158 valence electrons. The van der Waals surface area contributed by atoms with Crippen LogP contribution < -0.4 is 15.4 Å². The van der Waals surface area contributed by atoms with Gasteiger partial charge in [0.1, 0.15) is 5.75 Å². The number of ether oxygens (including phenoxy) is 1. The normalized spacial score (nSPS) is 18.9. The monoisotopic (exact) mass is 411 g/mol. The number of amides is 2. The molecule has 2 atom stereocenters. The fraction of sp³-hybridized carbons (Fsp3) is 0.619. The van der Waals surface area contributed by atoms with E-state index in [1.165, 1.54) is 6.42 Å². The summed E-state index contributed by atoms with van der Waals surface area (Å²) in [5.74, 6) is 0.518. The lowest BCUT2D eigenvalue weighted by Gasteiger charge is -2.38. The molecular formula is C21H34ClN3O3. The fourth-order valence-electron chi connectivity index (χ4n) is 3.50. The van der Waals surface area contributed by atoms with Gasteiger partial charge in [-0.2, -0.15) is 0 Å².